The first-order chi connectivity index (χ1) is 6.44. The Labute approximate surface area is 89.1 Å². The zero-order chi connectivity index (χ0) is 10.8. The van der Waals surface area contributed by atoms with Crippen LogP contribution in [0.2, 0.25) is 0 Å². The Hall–Kier alpha value is -0.0800. The second kappa shape index (κ2) is 4.63. The molecular formula is C12H26N2. The smallest absolute Gasteiger partial charge is 0.00702 e. The van der Waals surface area contributed by atoms with Crippen molar-refractivity contribution in [1.82, 2.24) is 10.2 Å². The minimum absolute atomic E-state index is 0.396. The second-order valence-corrected chi connectivity index (χ2v) is 5.81. The number of likely N-dealkylation sites (tertiary alicyclic amines) is 1. The topological polar surface area (TPSA) is 15.3 Å². The average Bonchev–Trinajstić information content (AvgIpc) is 2.28. The third kappa shape index (κ3) is 3.25. The van der Waals surface area contributed by atoms with Gasteiger partial charge < -0.3 is 5.32 Å². The molecule has 14 heavy (non-hydrogen) atoms. The van der Waals surface area contributed by atoms with E-state index < -0.39 is 0 Å². The van der Waals surface area contributed by atoms with E-state index >= 15 is 0 Å². The van der Waals surface area contributed by atoms with E-state index in [9.17, 15) is 0 Å². The second-order valence-electron chi connectivity index (χ2n) is 5.81. The molecular weight excluding hydrogens is 172 g/mol. The van der Waals surface area contributed by atoms with Crippen LogP contribution < -0.4 is 5.32 Å². The maximum absolute atomic E-state index is 3.28. The maximum Gasteiger partial charge on any atom is 0.00702 e. The predicted octanol–water partition coefficient (Wildman–Crippen LogP) is 1.96. The lowest BCUT2D eigenvalue weighted by Crippen LogP contribution is -2.41. The lowest BCUT2D eigenvalue weighted by Gasteiger charge is -2.32. The molecule has 2 heteroatoms. The monoisotopic (exact) mass is 198 g/mol. The molecule has 1 N–H and O–H groups in total. The van der Waals surface area contributed by atoms with E-state index in [1.54, 1.807) is 0 Å². The summed E-state index contributed by atoms with van der Waals surface area (Å²) < 4.78 is 0. The van der Waals surface area contributed by atoms with Gasteiger partial charge in [-0.3, -0.25) is 4.90 Å². The quantitative estimate of drug-likeness (QED) is 0.743. The van der Waals surface area contributed by atoms with Crippen molar-refractivity contribution in [3.63, 3.8) is 0 Å². The molecule has 84 valence electrons. The zero-order valence-corrected chi connectivity index (χ0v) is 10.4. The van der Waals surface area contributed by atoms with Crippen LogP contribution in [-0.2, 0) is 0 Å². The minimum Gasteiger partial charge on any atom is -0.319 e. The molecule has 0 aliphatic carbocycles. The van der Waals surface area contributed by atoms with E-state index in [0.29, 0.717) is 5.41 Å². The standard InChI is InChI=1S/C12H26N2/c1-10-6-11(2)14(7-10)9-12(3,4)8-13-5/h10-11,13H,6-9H2,1-5H3. The van der Waals surface area contributed by atoms with Crippen molar-refractivity contribution in [3.05, 3.63) is 0 Å². The molecule has 0 aromatic carbocycles. The molecule has 0 aromatic rings. The summed E-state index contributed by atoms with van der Waals surface area (Å²) in [6, 6.07) is 0.779. The summed E-state index contributed by atoms with van der Waals surface area (Å²) in [6.07, 6.45) is 1.37. The molecule has 1 aliphatic rings. The van der Waals surface area contributed by atoms with Crippen molar-refractivity contribution >= 4 is 0 Å². The van der Waals surface area contributed by atoms with Crippen molar-refractivity contribution in [2.75, 3.05) is 26.7 Å². The summed E-state index contributed by atoms with van der Waals surface area (Å²) in [6.45, 7) is 13.0. The molecule has 1 aliphatic heterocycles. The number of rotatable bonds is 4. The van der Waals surface area contributed by atoms with Crippen molar-refractivity contribution in [2.24, 2.45) is 11.3 Å². The highest BCUT2D eigenvalue weighted by Crippen LogP contribution is 2.26. The molecule has 2 unspecified atom stereocenters. The maximum atomic E-state index is 3.28. The summed E-state index contributed by atoms with van der Waals surface area (Å²) in [5.41, 5.74) is 0.396. The molecule has 2 nitrogen and oxygen atoms in total. The highest BCUT2D eigenvalue weighted by Gasteiger charge is 2.30. The Morgan fingerprint density at radius 1 is 1.36 bits per heavy atom. The van der Waals surface area contributed by atoms with Gasteiger partial charge in [-0.2, -0.15) is 0 Å². The van der Waals surface area contributed by atoms with Gasteiger partial charge in [0.1, 0.15) is 0 Å². The summed E-state index contributed by atoms with van der Waals surface area (Å²) in [5, 5.41) is 3.28. The van der Waals surface area contributed by atoms with Crippen LogP contribution in [0.3, 0.4) is 0 Å². The summed E-state index contributed by atoms with van der Waals surface area (Å²) in [4.78, 5) is 2.64. The van der Waals surface area contributed by atoms with Gasteiger partial charge in [0.25, 0.3) is 0 Å². The van der Waals surface area contributed by atoms with E-state index in [0.717, 1.165) is 18.5 Å². The highest BCUT2D eigenvalue weighted by atomic mass is 15.2. The van der Waals surface area contributed by atoms with Crippen LogP contribution in [0.1, 0.15) is 34.1 Å². The molecule has 2 atom stereocenters. The van der Waals surface area contributed by atoms with Crippen LogP contribution in [0.15, 0.2) is 0 Å². The lowest BCUT2D eigenvalue weighted by molar-refractivity contribution is 0.169. The van der Waals surface area contributed by atoms with Gasteiger partial charge in [0.15, 0.2) is 0 Å². The van der Waals surface area contributed by atoms with Crippen LogP contribution in [0, 0.1) is 11.3 Å². The Kier molecular flexibility index (Phi) is 3.96. The van der Waals surface area contributed by atoms with Crippen LogP contribution in [0.4, 0.5) is 0 Å². The first kappa shape index (κ1) is 12.0. The normalized spacial score (nSPS) is 29.8. The molecule has 0 bridgehead atoms. The van der Waals surface area contributed by atoms with Crippen LogP contribution in [0.25, 0.3) is 0 Å². The first-order valence-corrected chi connectivity index (χ1v) is 5.83. The molecule has 0 radical (unpaired) electrons. The van der Waals surface area contributed by atoms with E-state index in [1.807, 2.05) is 7.05 Å². The van der Waals surface area contributed by atoms with E-state index in [1.165, 1.54) is 19.5 Å². The van der Waals surface area contributed by atoms with Gasteiger partial charge in [-0.1, -0.05) is 20.8 Å². The molecule has 0 amide bonds. The number of hydrogen-bond donors (Lipinski definition) is 1. The molecule has 1 fully saturated rings. The van der Waals surface area contributed by atoms with Gasteiger partial charge in [-0.25, -0.2) is 0 Å². The number of hydrogen-bond acceptors (Lipinski definition) is 2. The highest BCUT2D eigenvalue weighted by molar-refractivity contribution is 4.85. The molecule has 1 heterocycles. The molecule has 1 saturated heterocycles. The minimum atomic E-state index is 0.396. The molecule has 0 spiro atoms. The molecule has 0 aromatic heterocycles. The number of nitrogens with one attached hydrogen (secondary N) is 1. The van der Waals surface area contributed by atoms with Crippen molar-refractivity contribution in [1.29, 1.82) is 0 Å². The fraction of sp³-hybridized carbons (Fsp3) is 1.00. The molecule has 0 saturated carbocycles. The van der Waals surface area contributed by atoms with Gasteiger partial charge in [-0.05, 0) is 31.7 Å². The Balaban J connectivity index is 2.43. The third-order valence-electron chi connectivity index (χ3n) is 3.20. The zero-order valence-electron chi connectivity index (χ0n) is 10.4. The van der Waals surface area contributed by atoms with E-state index in [-0.39, 0.29) is 0 Å². The van der Waals surface area contributed by atoms with E-state index in [4.69, 9.17) is 0 Å². The van der Waals surface area contributed by atoms with Gasteiger partial charge in [-0.15, -0.1) is 0 Å². The van der Waals surface area contributed by atoms with Gasteiger partial charge in [0.2, 0.25) is 0 Å². The largest absolute Gasteiger partial charge is 0.319 e. The Morgan fingerprint density at radius 2 is 2.00 bits per heavy atom. The van der Waals surface area contributed by atoms with Gasteiger partial charge in [0, 0.05) is 25.7 Å². The van der Waals surface area contributed by atoms with Crippen LogP contribution >= 0.6 is 0 Å². The summed E-state index contributed by atoms with van der Waals surface area (Å²) in [7, 11) is 2.04. The fourth-order valence-electron chi connectivity index (χ4n) is 2.69. The first-order valence-electron chi connectivity index (χ1n) is 5.83. The van der Waals surface area contributed by atoms with Crippen LogP contribution in [0.5, 0.6) is 0 Å². The third-order valence-corrected chi connectivity index (χ3v) is 3.20. The van der Waals surface area contributed by atoms with Crippen molar-refractivity contribution < 1.29 is 0 Å². The van der Waals surface area contributed by atoms with Gasteiger partial charge >= 0.3 is 0 Å². The van der Waals surface area contributed by atoms with Crippen molar-refractivity contribution in [2.45, 2.75) is 40.2 Å². The van der Waals surface area contributed by atoms with Crippen LogP contribution in [-0.4, -0.2) is 37.6 Å². The predicted molar refractivity (Wildman–Crippen MR) is 62.5 cm³/mol. The Morgan fingerprint density at radius 3 is 2.43 bits per heavy atom. The summed E-state index contributed by atoms with van der Waals surface area (Å²) in [5.74, 6) is 0.885. The van der Waals surface area contributed by atoms with Gasteiger partial charge in [0.05, 0.1) is 0 Å². The molecule has 1 rings (SSSR count). The summed E-state index contributed by atoms with van der Waals surface area (Å²) >= 11 is 0. The average molecular weight is 198 g/mol. The SMILES string of the molecule is CNCC(C)(C)CN1CC(C)CC1C. The lowest BCUT2D eigenvalue weighted by atomic mass is 9.92. The Bertz CT molecular complexity index is 177. The van der Waals surface area contributed by atoms with E-state index in [2.05, 4.69) is 37.9 Å². The fourth-order valence-corrected chi connectivity index (χ4v) is 2.69. The number of nitrogens with zero attached hydrogens (tertiary/aromatic N) is 1. The van der Waals surface area contributed by atoms with Crippen molar-refractivity contribution in [3.8, 4) is 0 Å².